The first-order chi connectivity index (χ1) is 9.19. The second-order valence-corrected chi connectivity index (χ2v) is 3.30. The molecule has 1 aromatic rings. The molecule has 0 fully saturated rings. The molecule has 1 aromatic heterocycles. The number of rotatable bonds is 6. The number of amides is 1. The lowest BCUT2D eigenvalue weighted by atomic mass is 10.1. The number of allylic oxidation sites excluding steroid dienone is 2. The molecule has 0 aliphatic rings. The number of aromatic nitrogens is 1. The molecule has 102 valence electrons. The van der Waals surface area contributed by atoms with Gasteiger partial charge >= 0.3 is 0 Å². The first-order valence-electron chi connectivity index (χ1n) is 6.10. The predicted molar refractivity (Wildman–Crippen MR) is 81.0 cm³/mol. The summed E-state index contributed by atoms with van der Waals surface area (Å²) >= 11 is 0. The van der Waals surface area contributed by atoms with E-state index in [-0.39, 0.29) is 6.54 Å². The minimum absolute atomic E-state index is 0.0680. The summed E-state index contributed by atoms with van der Waals surface area (Å²) in [4.78, 5) is 14.8. The van der Waals surface area contributed by atoms with Crippen LogP contribution in [0, 0.1) is 0 Å². The van der Waals surface area contributed by atoms with Gasteiger partial charge in [0.1, 0.15) is 0 Å². The largest absolute Gasteiger partial charge is 0.376 e. The molecule has 4 heteroatoms. The second-order valence-electron chi connectivity index (χ2n) is 3.30. The lowest BCUT2D eigenvalue weighted by Gasteiger charge is -2.11. The number of carbonyl (C=O) groups is 1. The number of nitrogens with one attached hydrogen (secondary N) is 1. The van der Waals surface area contributed by atoms with Crippen LogP contribution >= 0.6 is 0 Å². The van der Waals surface area contributed by atoms with Crippen LogP contribution < -0.4 is 11.1 Å². The van der Waals surface area contributed by atoms with Crippen LogP contribution in [0.2, 0.25) is 0 Å². The molecule has 4 nitrogen and oxygen atoms in total. The van der Waals surface area contributed by atoms with Crippen molar-refractivity contribution in [1.82, 2.24) is 10.3 Å². The maximum absolute atomic E-state index is 10.8. The van der Waals surface area contributed by atoms with Gasteiger partial charge in [-0.25, -0.2) is 0 Å². The quantitative estimate of drug-likeness (QED) is 0.771. The van der Waals surface area contributed by atoms with Crippen LogP contribution in [0.1, 0.15) is 25.0 Å². The van der Waals surface area contributed by atoms with Crippen molar-refractivity contribution in [1.29, 1.82) is 0 Å². The Morgan fingerprint density at radius 3 is 2.68 bits per heavy atom. The Kier molecular flexibility index (Phi) is 8.45. The molecule has 0 saturated carbocycles. The van der Waals surface area contributed by atoms with Crippen molar-refractivity contribution in [2.75, 3.05) is 6.54 Å². The number of nitrogens with zero attached hydrogens (tertiary/aromatic N) is 1. The number of primary amides is 1. The van der Waals surface area contributed by atoms with Gasteiger partial charge in [-0.3, -0.25) is 9.78 Å². The van der Waals surface area contributed by atoms with Gasteiger partial charge in [0, 0.05) is 29.2 Å². The molecule has 0 saturated heterocycles. The molecule has 0 aliphatic carbocycles. The topological polar surface area (TPSA) is 68.0 Å². The minimum Gasteiger partial charge on any atom is -0.376 e. The van der Waals surface area contributed by atoms with E-state index in [1.807, 2.05) is 19.9 Å². The average Bonchev–Trinajstić information content (AvgIpc) is 2.45. The standard InChI is InChI=1S/C13H15N3O.C2H6/c1-3-5-12(16-9-13(14)17)11-6-7-15-8-10(11)4-2;1-2/h3-8,16H,1-2,9H2,(H2,14,17);1-2H3/b12-5+;. The van der Waals surface area contributed by atoms with Crippen molar-refractivity contribution in [3.63, 3.8) is 0 Å². The van der Waals surface area contributed by atoms with E-state index in [0.717, 1.165) is 16.8 Å². The highest BCUT2D eigenvalue weighted by atomic mass is 16.1. The third-order valence-corrected chi connectivity index (χ3v) is 2.10. The fourth-order valence-electron chi connectivity index (χ4n) is 1.36. The van der Waals surface area contributed by atoms with E-state index >= 15 is 0 Å². The summed E-state index contributed by atoms with van der Waals surface area (Å²) in [5.74, 6) is -0.422. The number of carbonyl (C=O) groups excluding carboxylic acids is 1. The molecular weight excluding hydrogens is 238 g/mol. The van der Waals surface area contributed by atoms with Crippen molar-refractivity contribution >= 4 is 17.7 Å². The van der Waals surface area contributed by atoms with Gasteiger partial charge in [-0.2, -0.15) is 0 Å². The van der Waals surface area contributed by atoms with Gasteiger partial charge in [0.2, 0.25) is 5.91 Å². The van der Waals surface area contributed by atoms with E-state index < -0.39 is 5.91 Å². The van der Waals surface area contributed by atoms with E-state index in [9.17, 15) is 4.79 Å². The molecule has 1 amide bonds. The summed E-state index contributed by atoms with van der Waals surface area (Å²) in [5.41, 5.74) is 7.63. The van der Waals surface area contributed by atoms with Crippen molar-refractivity contribution < 1.29 is 4.79 Å². The van der Waals surface area contributed by atoms with Crippen molar-refractivity contribution in [2.24, 2.45) is 5.73 Å². The summed E-state index contributed by atoms with van der Waals surface area (Å²) in [6, 6.07) is 1.83. The van der Waals surface area contributed by atoms with Gasteiger partial charge in [0.05, 0.1) is 6.54 Å². The molecule has 1 heterocycles. The van der Waals surface area contributed by atoms with Crippen LogP contribution in [0.4, 0.5) is 0 Å². The third-order valence-electron chi connectivity index (χ3n) is 2.10. The summed E-state index contributed by atoms with van der Waals surface area (Å²) in [7, 11) is 0. The Balaban J connectivity index is 0.00000154. The summed E-state index contributed by atoms with van der Waals surface area (Å²) in [6.07, 6.45) is 8.48. The molecule has 19 heavy (non-hydrogen) atoms. The molecule has 0 radical (unpaired) electrons. The third kappa shape index (κ3) is 5.68. The Morgan fingerprint density at radius 1 is 1.47 bits per heavy atom. The maximum atomic E-state index is 10.8. The van der Waals surface area contributed by atoms with Gasteiger partial charge in [0.25, 0.3) is 0 Å². The highest BCUT2D eigenvalue weighted by molar-refractivity contribution is 5.80. The van der Waals surface area contributed by atoms with Crippen LogP contribution in [0.25, 0.3) is 11.8 Å². The lowest BCUT2D eigenvalue weighted by Crippen LogP contribution is -2.27. The highest BCUT2D eigenvalue weighted by Gasteiger charge is 2.05. The van der Waals surface area contributed by atoms with Crippen molar-refractivity contribution in [3.8, 4) is 0 Å². The first-order valence-corrected chi connectivity index (χ1v) is 6.10. The SMILES string of the molecule is C=C/C=C(/NCC(N)=O)c1ccncc1C=C.CC. The van der Waals surface area contributed by atoms with Crippen LogP contribution in [0.15, 0.2) is 43.8 Å². The monoisotopic (exact) mass is 259 g/mol. The smallest absolute Gasteiger partial charge is 0.236 e. The number of nitrogens with two attached hydrogens (primary N) is 1. The minimum atomic E-state index is -0.422. The number of hydrogen-bond donors (Lipinski definition) is 2. The van der Waals surface area contributed by atoms with E-state index in [2.05, 4.69) is 23.5 Å². The fraction of sp³-hybridized carbons (Fsp3) is 0.200. The molecule has 0 atom stereocenters. The van der Waals surface area contributed by atoms with Crippen molar-refractivity contribution in [2.45, 2.75) is 13.8 Å². The molecule has 0 aliphatic heterocycles. The number of hydrogen-bond acceptors (Lipinski definition) is 3. The Hall–Kier alpha value is -2.36. The fourth-order valence-corrected chi connectivity index (χ4v) is 1.36. The molecule has 1 rings (SSSR count). The summed E-state index contributed by atoms with van der Waals surface area (Å²) in [6.45, 7) is 11.4. The highest BCUT2D eigenvalue weighted by Crippen LogP contribution is 2.16. The number of pyridine rings is 1. The average molecular weight is 259 g/mol. The van der Waals surface area contributed by atoms with E-state index in [1.54, 1.807) is 30.6 Å². The molecule has 3 N–H and O–H groups in total. The first kappa shape index (κ1) is 16.6. The molecule has 0 aromatic carbocycles. The molecular formula is C15H21N3O. The zero-order valence-corrected chi connectivity index (χ0v) is 11.5. The maximum Gasteiger partial charge on any atom is 0.236 e. The zero-order valence-electron chi connectivity index (χ0n) is 11.5. The van der Waals surface area contributed by atoms with Crippen LogP contribution in [0.3, 0.4) is 0 Å². The summed E-state index contributed by atoms with van der Waals surface area (Å²) in [5, 5.41) is 2.95. The Bertz CT molecular complexity index is 464. The van der Waals surface area contributed by atoms with E-state index in [0.29, 0.717) is 0 Å². The van der Waals surface area contributed by atoms with Crippen LogP contribution in [-0.4, -0.2) is 17.4 Å². The van der Waals surface area contributed by atoms with Crippen LogP contribution in [0.5, 0.6) is 0 Å². The normalized spacial score (nSPS) is 9.89. The Morgan fingerprint density at radius 2 is 2.16 bits per heavy atom. The van der Waals surface area contributed by atoms with E-state index in [1.165, 1.54) is 0 Å². The molecule has 0 bridgehead atoms. The molecule has 0 unspecified atom stereocenters. The Labute approximate surface area is 114 Å². The van der Waals surface area contributed by atoms with Gasteiger partial charge in [-0.05, 0) is 12.1 Å². The lowest BCUT2D eigenvalue weighted by molar-refractivity contribution is -0.117. The van der Waals surface area contributed by atoms with E-state index in [4.69, 9.17) is 5.73 Å². The van der Waals surface area contributed by atoms with Crippen LogP contribution in [-0.2, 0) is 4.79 Å². The van der Waals surface area contributed by atoms with Gasteiger partial charge in [0.15, 0.2) is 0 Å². The predicted octanol–water partition coefficient (Wildman–Crippen LogP) is 2.35. The second kappa shape index (κ2) is 9.65. The zero-order chi connectivity index (χ0) is 14.7. The van der Waals surface area contributed by atoms with Gasteiger partial charge in [-0.1, -0.05) is 39.2 Å². The summed E-state index contributed by atoms with van der Waals surface area (Å²) < 4.78 is 0. The van der Waals surface area contributed by atoms with Crippen molar-refractivity contribution in [3.05, 3.63) is 54.9 Å². The van der Waals surface area contributed by atoms with Gasteiger partial charge in [-0.15, -0.1) is 0 Å². The molecule has 0 spiro atoms. The van der Waals surface area contributed by atoms with Gasteiger partial charge < -0.3 is 11.1 Å².